The van der Waals surface area contributed by atoms with Gasteiger partial charge in [-0.1, -0.05) is 66.5 Å². The summed E-state index contributed by atoms with van der Waals surface area (Å²) < 4.78 is 5.90. The Labute approximate surface area is 196 Å². The molecule has 0 saturated carbocycles. The van der Waals surface area contributed by atoms with Crippen LogP contribution in [0.4, 0.5) is 0 Å². The molecule has 5 nitrogen and oxygen atoms in total. The zero-order chi connectivity index (χ0) is 22.7. The van der Waals surface area contributed by atoms with Gasteiger partial charge in [-0.2, -0.15) is 0 Å². The number of ether oxygens (including phenoxy) is 1. The summed E-state index contributed by atoms with van der Waals surface area (Å²) >= 11 is 12.5. The number of aryl methyl sites for hydroxylation is 1. The molecule has 0 aliphatic rings. The lowest BCUT2D eigenvalue weighted by molar-refractivity contribution is 0.0950. The number of amides is 1. The van der Waals surface area contributed by atoms with Gasteiger partial charge in [0.1, 0.15) is 11.3 Å². The molecule has 0 fully saturated rings. The number of halogens is 2. The van der Waals surface area contributed by atoms with Gasteiger partial charge in [-0.15, -0.1) is 10.2 Å². The van der Waals surface area contributed by atoms with E-state index in [1.54, 1.807) is 30.3 Å². The Morgan fingerprint density at radius 2 is 1.84 bits per heavy atom. The summed E-state index contributed by atoms with van der Waals surface area (Å²) in [6.07, 6.45) is 0. The van der Waals surface area contributed by atoms with E-state index < -0.39 is 0 Å². The first-order valence-electron chi connectivity index (χ1n) is 10.2. The zero-order valence-corrected chi connectivity index (χ0v) is 19.1. The molecule has 1 atom stereocenters. The van der Waals surface area contributed by atoms with E-state index in [-0.39, 0.29) is 17.7 Å². The van der Waals surface area contributed by atoms with Gasteiger partial charge < -0.3 is 10.1 Å². The molecule has 1 heterocycles. The number of fused-ring (bicyclic) bond motifs is 1. The molecule has 1 unspecified atom stereocenters. The highest BCUT2D eigenvalue weighted by Crippen LogP contribution is 2.30. The Morgan fingerprint density at radius 1 is 1.03 bits per heavy atom. The van der Waals surface area contributed by atoms with Crippen LogP contribution in [0.15, 0.2) is 66.7 Å². The first-order chi connectivity index (χ1) is 15.4. The van der Waals surface area contributed by atoms with E-state index in [0.717, 1.165) is 11.1 Å². The number of hydrogen-bond acceptors (Lipinski definition) is 4. The van der Waals surface area contributed by atoms with Crippen molar-refractivity contribution in [2.24, 2.45) is 0 Å². The highest BCUT2D eigenvalue weighted by molar-refractivity contribution is 6.31. The van der Waals surface area contributed by atoms with Crippen LogP contribution in [0.2, 0.25) is 10.0 Å². The maximum Gasteiger partial charge on any atom is 0.257 e. The lowest BCUT2D eigenvalue weighted by atomic mass is 9.99. The summed E-state index contributed by atoms with van der Waals surface area (Å²) in [6.45, 7) is 4.41. The average molecular weight is 466 g/mol. The largest absolute Gasteiger partial charge is 0.437 e. The Kier molecular flexibility index (Phi) is 6.58. The molecule has 0 aliphatic heterocycles. The molecule has 7 heteroatoms. The SMILES string of the molecule is Cc1ccc(C(C)CNC(=O)c2c(Oc3cccc(Cl)c3)nnc3ccccc23)c(Cl)c1. The molecule has 1 amide bonds. The van der Waals surface area contributed by atoms with Crippen LogP contribution >= 0.6 is 23.2 Å². The van der Waals surface area contributed by atoms with Gasteiger partial charge >= 0.3 is 0 Å². The van der Waals surface area contributed by atoms with Gasteiger partial charge in [0.15, 0.2) is 0 Å². The van der Waals surface area contributed by atoms with Crippen molar-refractivity contribution in [2.75, 3.05) is 6.54 Å². The first-order valence-corrected chi connectivity index (χ1v) is 10.9. The quantitative estimate of drug-likeness (QED) is 0.349. The number of carbonyl (C=O) groups is 1. The van der Waals surface area contributed by atoms with Crippen LogP contribution in [0.25, 0.3) is 10.9 Å². The molecular weight excluding hydrogens is 445 g/mol. The van der Waals surface area contributed by atoms with Crippen LogP contribution in [0.3, 0.4) is 0 Å². The number of nitrogens with zero attached hydrogens (tertiary/aromatic N) is 2. The van der Waals surface area contributed by atoms with Crippen molar-refractivity contribution in [1.82, 2.24) is 15.5 Å². The minimum atomic E-state index is -0.303. The summed E-state index contributed by atoms with van der Waals surface area (Å²) in [7, 11) is 0. The summed E-state index contributed by atoms with van der Waals surface area (Å²) in [6, 6.07) is 20.1. The minimum absolute atomic E-state index is 0.0189. The molecule has 0 spiro atoms. The van der Waals surface area contributed by atoms with E-state index in [0.29, 0.717) is 38.8 Å². The highest BCUT2D eigenvalue weighted by atomic mass is 35.5. The second kappa shape index (κ2) is 9.55. The number of rotatable bonds is 6. The predicted octanol–water partition coefficient (Wildman–Crippen LogP) is 6.57. The fourth-order valence-corrected chi connectivity index (χ4v) is 4.05. The van der Waals surface area contributed by atoms with Crippen LogP contribution in [0.1, 0.15) is 34.3 Å². The molecular formula is C25H21Cl2N3O2. The average Bonchev–Trinajstić information content (AvgIpc) is 2.77. The van der Waals surface area contributed by atoms with Crippen molar-refractivity contribution in [2.45, 2.75) is 19.8 Å². The standard InChI is InChI=1S/C25H21Cl2N3O2/c1-15-10-11-19(21(27)12-15)16(2)14-28-24(31)23-20-8-3-4-9-22(20)29-30-25(23)32-18-7-5-6-17(26)13-18/h3-13,16H,14H2,1-2H3,(H,28,31). The lowest BCUT2D eigenvalue weighted by Crippen LogP contribution is -2.28. The summed E-state index contributed by atoms with van der Waals surface area (Å²) in [5.74, 6) is 0.300. The minimum Gasteiger partial charge on any atom is -0.437 e. The van der Waals surface area contributed by atoms with E-state index in [2.05, 4.69) is 15.5 Å². The van der Waals surface area contributed by atoms with Gasteiger partial charge in [-0.25, -0.2) is 0 Å². The monoisotopic (exact) mass is 465 g/mol. The Balaban J connectivity index is 1.63. The smallest absolute Gasteiger partial charge is 0.257 e. The van der Waals surface area contributed by atoms with Crippen molar-refractivity contribution in [3.8, 4) is 11.6 Å². The van der Waals surface area contributed by atoms with Gasteiger partial charge in [-0.3, -0.25) is 4.79 Å². The number of carbonyl (C=O) groups excluding carboxylic acids is 1. The number of hydrogen-bond donors (Lipinski definition) is 1. The molecule has 162 valence electrons. The summed E-state index contributed by atoms with van der Waals surface area (Å²) in [5, 5.41) is 13.2. The van der Waals surface area contributed by atoms with E-state index in [1.807, 2.05) is 50.2 Å². The zero-order valence-electron chi connectivity index (χ0n) is 17.6. The van der Waals surface area contributed by atoms with Crippen molar-refractivity contribution in [1.29, 1.82) is 0 Å². The molecule has 0 radical (unpaired) electrons. The second-order valence-corrected chi connectivity index (χ2v) is 8.44. The third-order valence-corrected chi connectivity index (χ3v) is 5.69. The number of aromatic nitrogens is 2. The van der Waals surface area contributed by atoms with Crippen molar-refractivity contribution >= 4 is 40.0 Å². The van der Waals surface area contributed by atoms with Crippen LogP contribution in [-0.2, 0) is 0 Å². The molecule has 0 bridgehead atoms. The third kappa shape index (κ3) is 4.85. The molecule has 4 rings (SSSR count). The van der Waals surface area contributed by atoms with Gasteiger partial charge in [0, 0.05) is 22.0 Å². The van der Waals surface area contributed by atoms with Crippen molar-refractivity contribution in [3.05, 3.63) is 93.5 Å². The Hall–Kier alpha value is -3.15. The summed E-state index contributed by atoms with van der Waals surface area (Å²) in [4.78, 5) is 13.3. The molecule has 1 aromatic heterocycles. The van der Waals surface area contributed by atoms with E-state index in [1.165, 1.54) is 0 Å². The van der Waals surface area contributed by atoms with E-state index in [4.69, 9.17) is 27.9 Å². The molecule has 3 aromatic carbocycles. The van der Waals surface area contributed by atoms with Crippen LogP contribution in [0.5, 0.6) is 11.6 Å². The topological polar surface area (TPSA) is 64.1 Å². The number of nitrogens with one attached hydrogen (secondary N) is 1. The highest BCUT2D eigenvalue weighted by Gasteiger charge is 2.21. The second-order valence-electron chi connectivity index (χ2n) is 7.59. The van der Waals surface area contributed by atoms with Crippen LogP contribution in [-0.4, -0.2) is 22.6 Å². The number of benzene rings is 3. The summed E-state index contributed by atoms with van der Waals surface area (Å²) in [5.41, 5.74) is 2.99. The van der Waals surface area contributed by atoms with Gasteiger partial charge in [-0.05, 0) is 54.3 Å². The van der Waals surface area contributed by atoms with Crippen LogP contribution in [0, 0.1) is 6.92 Å². The normalized spacial score (nSPS) is 11.9. The van der Waals surface area contributed by atoms with Crippen molar-refractivity contribution in [3.63, 3.8) is 0 Å². The lowest BCUT2D eigenvalue weighted by Gasteiger charge is -2.17. The fourth-order valence-electron chi connectivity index (χ4n) is 3.45. The maximum absolute atomic E-state index is 13.3. The molecule has 0 saturated heterocycles. The molecule has 4 aromatic rings. The Bertz CT molecular complexity index is 1290. The molecule has 32 heavy (non-hydrogen) atoms. The van der Waals surface area contributed by atoms with E-state index >= 15 is 0 Å². The van der Waals surface area contributed by atoms with Crippen molar-refractivity contribution < 1.29 is 9.53 Å². The van der Waals surface area contributed by atoms with E-state index in [9.17, 15) is 4.79 Å². The molecule has 0 aliphatic carbocycles. The van der Waals surface area contributed by atoms with Gasteiger partial charge in [0.25, 0.3) is 11.8 Å². The van der Waals surface area contributed by atoms with Crippen LogP contribution < -0.4 is 10.1 Å². The fraction of sp³-hybridized carbons (Fsp3) is 0.160. The third-order valence-electron chi connectivity index (χ3n) is 5.13. The van der Waals surface area contributed by atoms with Gasteiger partial charge in [0.2, 0.25) is 0 Å². The Morgan fingerprint density at radius 3 is 2.62 bits per heavy atom. The predicted molar refractivity (Wildman–Crippen MR) is 128 cm³/mol. The first kappa shape index (κ1) is 22.1. The maximum atomic E-state index is 13.3. The van der Waals surface area contributed by atoms with Gasteiger partial charge in [0.05, 0.1) is 5.52 Å². The molecule has 1 N–H and O–H groups in total.